The number of rotatable bonds is 2. The smallest absolute Gasteiger partial charge is 0.273 e. The van der Waals surface area contributed by atoms with E-state index in [1.807, 2.05) is 24.7 Å². The Bertz CT molecular complexity index is 608. The molecule has 1 saturated heterocycles. The van der Waals surface area contributed by atoms with Gasteiger partial charge in [-0.05, 0) is 6.92 Å². The summed E-state index contributed by atoms with van der Waals surface area (Å²) < 4.78 is 7.72. The summed E-state index contributed by atoms with van der Waals surface area (Å²) in [7, 11) is 1.94. The number of ether oxygens (including phenoxy) is 1. The van der Waals surface area contributed by atoms with E-state index in [1.165, 1.54) is 11.3 Å². The van der Waals surface area contributed by atoms with Crippen LogP contribution in [-0.4, -0.2) is 45.0 Å². The van der Waals surface area contributed by atoms with Gasteiger partial charge in [0.2, 0.25) is 0 Å². The second-order valence-corrected chi connectivity index (χ2v) is 5.55. The number of imidazole rings is 1. The summed E-state index contributed by atoms with van der Waals surface area (Å²) in [5, 5.41) is 1.78. The highest BCUT2D eigenvalue weighted by Gasteiger charge is 2.29. The second-order valence-electron chi connectivity index (χ2n) is 4.84. The van der Waals surface area contributed by atoms with Gasteiger partial charge in [0.25, 0.3) is 5.91 Å². The minimum Gasteiger partial charge on any atom is -0.367 e. The van der Waals surface area contributed by atoms with Crippen LogP contribution >= 0.6 is 11.3 Å². The van der Waals surface area contributed by atoms with Crippen LogP contribution in [0.15, 0.2) is 17.1 Å². The van der Waals surface area contributed by atoms with Crippen molar-refractivity contribution in [3.63, 3.8) is 0 Å². The maximum atomic E-state index is 12.3. The van der Waals surface area contributed by atoms with Gasteiger partial charge in [0.05, 0.1) is 24.4 Å². The number of hydrogen-bond donors (Lipinski definition) is 0. The summed E-state index contributed by atoms with van der Waals surface area (Å²) in [6.45, 7) is 3.58. The molecule has 0 radical (unpaired) electrons. The Morgan fingerprint density at radius 3 is 3.05 bits per heavy atom. The summed E-state index contributed by atoms with van der Waals surface area (Å²) in [4.78, 5) is 22.7. The average Bonchev–Trinajstić information content (AvgIpc) is 3.08. The summed E-state index contributed by atoms with van der Waals surface area (Å²) >= 11 is 1.43. The third kappa shape index (κ3) is 2.46. The predicted octanol–water partition coefficient (Wildman–Crippen LogP) is 1.40. The fraction of sp³-hybridized carbons (Fsp3) is 0.462. The van der Waals surface area contributed by atoms with E-state index < -0.39 is 0 Å². The van der Waals surface area contributed by atoms with Crippen LogP contribution < -0.4 is 0 Å². The second kappa shape index (κ2) is 5.34. The molecular weight excluding hydrogens is 276 g/mol. The first-order valence-electron chi connectivity index (χ1n) is 6.44. The van der Waals surface area contributed by atoms with Crippen molar-refractivity contribution >= 4 is 17.2 Å². The zero-order valence-corrected chi connectivity index (χ0v) is 12.3. The van der Waals surface area contributed by atoms with Crippen molar-refractivity contribution in [1.82, 2.24) is 19.4 Å². The molecule has 0 aromatic carbocycles. The van der Waals surface area contributed by atoms with Crippen LogP contribution in [0, 0.1) is 6.92 Å². The maximum absolute atomic E-state index is 12.3. The molecule has 0 saturated carbocycles. The zero-order valence-electron chi connectivity index (χ0n) is 11.4. The van der Waals surface area contributed by atoms with E-state index in [0.29, 0.717) is 25.4 Å². The Morgan fingerprint density at radius 2 is 2.40 bits per heavy atom. The molecule has 1 aliphatic heterocycles. The van der Waals surface area contributed by atoms with Crippen molar-refractivity contribution < 1.29 is 9.53 Å². The summed E-state index contributed by atoms with van der Waals surface area (Å²) in [6, 6.07) is 0. The van der Waals surface area contributed by atoms with Gasteiger partial charge >= 0.3 is 0 Å². The van der Waals surface area contributed by atoms with E-state index in [1.54, 1.807) is 15.8 Å². The van der Waals surface area contributed by atoms with Crippen molar-refractivity contribution in [3.8, 4) is 0 Å². The Labute approximate surface area is 121 Å². The SMILES string of the molecule is Cc1cn(C)c([C@H]2CN(C(=O)c3cscn3)CCO2)n1. The minimum absolute atomic E-state index is 0.0366. The summed E-state index contributed by atoms with van der Waals surface area (Å²) in [5.41, 5.74) is 3.13. The highest BCUT2D eigenvalue weighted by Crippen LogP contribution is 2.22. The molecule has 7 heteroatoms. The van der Waals surface area contributed by atoms with E-state index in [-0.39, 0.29) is 12.0 Å². The lowest BCUT2D eigenvalue weighted by Crippen LogP contribution is -2.43. The van der Waals surface area contributed by atoms with Crippen molar-refractivity contribution in [2.45, 2.75) is 13.0 Å². The van der Waals surface area contributed by atoms with E-state index in [0.717, 1.165) is 11.5 Å². The standard InChI is InChI=1S/C13H16N4O2S/c1-9-5-16(2)12(15-9)11-6-17(3-4-19-11)13(18)10-7-20-8-14-10/h5,7-8,11H,3-4,6H2,1-2H3/t11-/m1/s1. The molecule has 0 N–H and O–H groups in total. The van der Waals surface area contributed by atoms with Gasteiger partial charge < -0.3 is 14.2 Å². The molecular formula is C13H16N4O2S. The van der Waals surface area contributed by atoms with Crippen LogP contribution in [0.3, 0.4) is 0 Å². The van der Waals surface area contributed by atoms with E-state index in [4.69, 9.17) is 4.74 Å². The molecule has 0 aliphatic carbocycles. The fourth-order valence-electron chi connectivity index (χ4n) is 2.40. The number of aryl methyl sites for hydroxylation is 2. The molecule has 3 heterocycles. The quantitative estimate of drug-likeness (QED) is 0.839. The Balaban J connectivity index is 1.77. The number of thiazole rings is 1. The third-order valence-corrected chi connectivity index (χ3v) is 3.91. The number of amides is 1. The molecule has 3 rings (SSSR count). The normalized spacial score (nSPS) is 19.3. The van der Waals surface area contributed by atoms with E-state index in [9.17, 15) is 4.79 Å². The van der Waals surface area contributed by atoms with Gasteiger partial charge in [0, 0.05) is 25.2 Å². The lowest BCUT2D eigenvalue weighted by Gasteiger charge is -2.32. The van der Waals surface area contributed by atoms with Crippen molar-refractivity contribution in [3.05, 3.63) is 34.3 Å². The van der Waals surface area contributed by atoms with E-state index >= 15 is 0 Å². The number of morpholine rings is 1. The maximum Gasteiger partial charge on any atom is 0.273 e. The molecule has 0 bridgehead atoms. The summed E-state index contributed by atoms with van der Waals surface area (Å²) in [6.07, 6.45) is 1.78. The molecule has 2 aromatic heterocycles. The highest BCUT2D eigenvalue weighted by atomic mass is 32.1. The Hall–Kier alpha value is -1.73. The van der Waals surface area contributed by atoms with Gasteiger partial charge in [-0.2, -0.15) is 0 Å². The number of carbonyl (C=O) groups excluding carboxylic acids is 1. The molecule has 1 amide bonds. The molecule has 6 nitrogen and oxygen atoms in total. The van der Waals surface area contributed by atoms with Crippen LogP contribution in [-0.2, 0) is 11.8 Å². The van der Waals surface area contributed by atoms with Crippen LogP contribution in [0.4, 0.5) is 0 Å². The van der Waals surface area contributed by atoms with Gasteiger partial charge in [-0.1, -0.05) is 0 Å². The lowest BCUT2D eigenvalue weighted by atomic mass is 10.2. The number of carbonyl (C=O) groups is 1. The van der Waals surface area contributed by atoms with E-state index in [2.05, 4.69) is 9.97 Å². The number of nitrogens with zero attached hydrogens (tertiary/aromatic N) is 4. The molecule has 0 spiro atoms. The molecule has 0 unspecified atom stereocenters. The molecule has 106 valence electrons. The first kappa shape index (κ1) is 13.3. The van der Waals surface area contributed by atoms with Crippen LogP contribution in [0.5, 0.6) is 0 Å². The van der Waals surface area contributed by atoms with Gasteiger partial charge in [-0.25, -0.2) is 9.97 Å². The average molecular weight is 292 g/mol. The molecule has 20 heavy (non-hydrogen) atoms. The molecule has 1 fully saturated rings. The Kier molecular flexibility index (Phi) is 3.54. The third-order valence-electron chi connectivity index (χ3n) is 3.33. The molecule has 1 aliphatic rings. The summed E-state index contributed by atoms with van der Waals surface area (Å²) in [5.74, 6) is 0.823. The predicted molar refractivity (Wildman–Crippen MR) is 74.7 cm³/mol. The fourth-order valence-corrected chi connectivity index (χ4v) is 2.93. The van der Waals surface area contributed by atoms with Crippen molar-refractivity contribution in [1.29, 1.82) is 0 Å². The van der Waals surface area contributed by atoms with Gasteiger partial charge in [0.1, 0.15) is 17.6 Å². The van der Waals surface area contributed by atoms with Crippen LogP contribution in [0.2, 0.25) is 0 Å². The molecule has 2 aromatic rings. The van der Waals surface area contributed by atoms with Gasteiger partial charge in [-0.3, -0.25) is 4.79 Å². The zero-order chi connectivity index (χ0) is 14.1. The lowest BCUT2D eigenvalue weighted by molar-refractivity contribution is -0.0281. The van der Waals surface area contributed by atoms with Gasteiger partial charge in [-0.15, -0.1) is 11.3 Å². The largest absolute Gasteiger partial charge is 0.367 e. The highest BCUT2D eigenvalue weighted by molar-refractivity contribution is 7.07. The number of aromatic nitrogens is 3. The van der Waals surface area contributed by atoms with Crippen LogP contribution in [0.1, 0.15) is 28.1 Å². The first-order valence-corrected chi connectivity index (χ1v) is 7.38. The molecule has 1 atom stereocenters. The Morgan fingerprint density at radius 1 is 1.55 bits per heavy atom. The van der Waals surface area contributed by atoms with Crippen molar-refractivity contribution in [2.24, 2.45) is 7.05 Å². The minimum atomic E-state index is -0.176. The van der Waals surface area contributed by atoms with Gasteiger partial charge in [0.15, 0.2) is 0 Å². The van der Waals surface area contributed by atoms with Crippen LogP contribution in [0.25, 0.3) is 0 Å². The number of hydrogen-bond acceptors (Lipinski definition) is 5. The topological polar surface area (TPSA) is 60.2 Å². The van der Waals surface area contributed by atoms with Crippen molar-refractivity contribution in [2.75, 3.05) is 19.7 Å². The first-order chi connectivity index (χ1) is 9.65. The monoisotopic (exact) mass is 292 g/mol.